The molecular weight excluding hydrogens is 228 g/mol. The molecule has 0 aliphatic heterocycles. The first-order chi connectivity index (χ1) is 7.66. The molecule has 1 amide bonds. The van der Waals surface area contributed by atoms with Crippen LogP contribution in [-0.2, 0) is 7.05 Å². The van der Waals surface area contributed by atoms with Crippen LogP contribution in [0.4, 0.5) is 5.82 Å². The lowest BCUT2D eigenvalue weighted by Gasteiger charge is -2.04. The number of aromatic nitrogens is 3. The molecule has 82 valence electrons. The highest BCUT2D eigenvalue weighted by atomic mass is 35.5. The van der Waals surface area contributed by atoms with E-state index in [1.807, 2.05) is 0 Å². The monoisotopic (exact) mass is 236 g/mol. The summed E-state index contributed by atoms with van der Waals surface area (Å²) in [7, 11) is 1.79. The molecule has 2 aromatic heterocycles. The van der Waals surface area contributed by atoms with Crippen molar-refractivity contribution >= 4 is 23.3 Å². The fraction of sp³-hybridized carbons (Fsp3) is 0.100. The molecular formula is C10H9ClN4O. The summed E-state index contributed by atoms with van der Waals surface area (Å²) < 4.78 is 1.72. The van der Waals surface area contributed by atoms with Crippen LogP contribution < -0.4 is 5.32 Å². The van der Waals surface area contributed by atoms with Crippen LogP contribution in [0.1, 0.15) is 10.5 Å². The highest BCUT2D eigenvalue weighted by Crippen LogP contribution is 2.08. The van der Waals surface area contributed by atoms with Crippen LogP contribution in [0.5, 0.6) is 0 Å². The zero-order valence-corrected chi connectivity index (χ0v) is 9.27. The molecule has 2 rings (SSSR count). The van der Waals surface area contributed by atoms with Gasteiger partial charge >= 0.3 is 0 Å². The molecule has 0 atom stereocenters. The van der Waals surface area contributed by atoms with E-state index in [4.69, 9.17) is 11.6 Å². The van der Waals surface area contributed by atoms with E-state index >= 15 is 0 Å². The number of nitrogens with one attached hydrogen (secondary N) is 1. The Balaban J connectivity index is 2.17. The van der Waals surface area contributed by atoms with E-state index in [1.165, 1.54) is 6.20 Å². The molecule has 16 heavy (non-hydrogen) atoms. The predicted octanol–water partition coefficient (Wildman–Crippen LogP) is 1.72. The molecule has 5 nitrogen and oxygen atoms in total. The van der Waals surface area contributed by atoms with E-state index in [0.29, 0.717) is 11.5 Å². The van der Waals surface area contributed by atoms with Gasteiger partial charge in [0.2, 0.25) is 5.28 Å². The Kier molecular flexibility index (Phi) is 2.87. The summed E-state index contributed by atoms with van der Waals surface area (Å²) in [6.07, 6.45) is 3.28. The highest BCUT2D eigenvalue weighted by Gasteiger charge is 2.09. The Morgan fingerprint density at radius 2 is 2.31 bits per heavy atom. The summed E-state index contributed by atoms with van der Waals surface area (Å²) in [4.78, 5) is 19.4. The van der Waals surface area contributed by atoms with E-state index in [9.17, 15) is 4.79 Å². The number of anilines is 1. The van der Waals surface area contributed by atoms with Gasteiger partial charge in [-0.15, -0.1) is 0 Å². The molecule has 0 saturated carbocycles. The summed E-state index contributed by atoms with van der Waals surface area (Å²) >= 11 is 5.61. The maximum absolute atomic E-state index is 11.8. The van der Waals surface area contributed by atoms with Crippen LogP contribution in [0.2, 0.25) is 5.28 Å². The van der Waals surface area contributed by atoms with Gasteiger partial charge in [0, 0.05) is 19.4 Å². The van der Waals surface area contributed by atoms with Crippen molar-refractivity contribution in [2.45, 2.75) is 0 Å². The van der Waals surface area contributed by atoms with Crippen molar-refractivity contribution in [3.05, 3.63) is 41.6 Å². The first-order valence-corrected chi connectivity index (χ1v) is 4.96. The molecule has 0 radical (unpaired) electrons. The number of carbonyl (C=O) groups is 1. The third-order valence-corrected chi connectivity index (χ3v) is 2.23. The van der Waals surface area contributed by atoms with E-state index < -0.39 is 0 Å². The summed E-state index contributed by atoms with van der Waals surface area (Å²) in [5.74, 6) is 0.147. The van der Waals surface area contributed by atoms with Gasteiger partial charge < -0.3 is 9.88 Å². The van der Waals surface area contributed by atoms with Crippen molar-refractivity contribution in [1.29, 1.82) is 0 Å². The molecule has 2 heterocycles. The van der Waals surface area contributed by atoms with Crippen molar-refractivity contribution in [3.63, 3.8) is 0 Å². The fourth-order valence-electron chi connectivity index (χ4n) is 1.28. The zero-order chi connectivity index (χ0) is 11.5. The van der Waals surface area contributed by atoms with Gasteiger partial charge in [0.1, 0.15) is 11.5 Å². The van der Waals surface area contributed by atoms with Crippen molar-refractivity contribution in [3.8, 4) is 0 Å². The maximum atomic E-state index is 11.8. The minimum absolute atomic E-state index is 0.102. The van der Waals surface area contributed by atoms with Crippen molar-refractivity contribution in [1.82, 2.24) is 14.5 Å². The molecule has 0 aliphatic rings. The molecule has 0 fully saturated rings. The highest BCUT2D eigenvalue weighted by molar-refractivity contribution is 6.28. The van der Waals surface area contributed by atoms with E-state index in [0.717, 1.165) is 0 Å². The topological polar surface area (TPSA) is 59.8 Å². The van der Waals surface area contributed by atoms with Crippen molar-refractivity contribution in [2.24, 2.45) is 7.05 Å². The van der Waals surface area contributed by atoms with Crippen LogP contribution >= 0.6 is 11.6 Å². The van der Waals surface area contributed by atoms with Gasteiger partial charge in [-0.3, -0.25) is 4.79 Å². The quantitative estimate of drug-likeness (QED) is 0.808. The largest absolute Gasteiger partial charge is 0.347 e. The SMILES string of the molecule is Cn1cccc1C(=O)Nc1ccnc(Cl)n1. The summed E-state index contributed by atoms with van der Waals surface area (Å²) in [6, 6.07) is 5.09. The van der Waals surface area contributed by atoms with Crippen LogP contribution in [0.25, 0.3) is 0 Å². The van der Waals surface area contributed by atoms with Crippen molar-refractivity contribution in [2.75, 3.05) is 5.32 Å². The van der Waals surface area contributed by atoms with Gasteiger partial charge in [0.05, 0.1) is 0 Å². The number of amides is 1. The van der Waals surface area contributed by atoms with Gasteiger partial charge in [-0.25, -0.2) is 9.97 Å². The van der Waals surface area contributed by atoms with Crippen LogP contribution in [0, 0.1) is 0 Å². The van der Waals surface area contributed by atoms with Crippen LogP contribution in [-0.4, -0.2) is 20.4 Å². The first kappa shape index (κ1) is 10.6. The summed E-state index contributed by atoms with van der Waals surface area (Å²) in [5.41, 5.74) is 0.551. The lowest BCUT2D eigenvalue weighted by molar-refractivity contribution is 0.101. The number of nitrogens with zero attached hydrogens (tertiary/aromatic N) is 3. The minimum Gasteiger partial charge on any atom is -0.347 e. The number of aryl methyl sites for hydroxylation is 1. The van der Waals surface area contributed by atoms with Gasteiger partial charge in [-0.05, 0) is 29.8 Å². The minimum atomic E-state index is -0.234. The number of hydrogen-bond donors (Lipinski definition) is 1. The molecule has 0 unspecified atom stereocenters. The molecule has 0 bridgehead atoms. The molecule has 0 aromatic carbocycles. The lowest BCUT2D eigenvalue weighted by Crippen LogP contribution is -2.16. The zero-order valence-electron chi connectivity index (χ0n) is 8.51. The maximum Gasteiger partial charge on any atom is 0.273 e. The lowest BCUT2D eigenvalue weighted by atomic mass is 10.4. The third-order valence-electron chi connectivity index (χ3n) is 2.04. The molecule has 2 aromatic rings. The third kappa shape index (κ3) is 2.20. The van der Waals surface area contributed by atoms with Crippen molar-refractivity contribution < 1.29 is 4.79 Å². The Morgan fingerprint density at radius 3 is 2.94 bits per heavy atom. The summed E-state index contributed by atoms with van der Waals surface area (Å²) in [5, 5.41) is 2.73. The Morgan fingerprint density at radius 1 is 1.50 bits per heavy atom. The smallest absolute Gasteiger partial charge is 0.273 e. The average molecular weight is 237 g/mol. The Bertz CT molecular complexity index is 523. The Hall–Kier alpha value is -1.88. The normalized spacial score (nSPS) is 10.1. The van der Waals surface area contributed by atoms with Gasteiger partial charge in [0.15, 0.2) is 0 Å². The number of rotatable bonds is 2. The second kappa shape index (κ2) is 4.32. The van der Waals surface area contributed by atoms with E-state index in [2.05, 4.69) is 15.3 Å². The second-order valence-electron chi connectivity index (χ2n) is 3.17. The van der Waals surface area contributed by atoms with Crippen LogP contribution in [0.3, 0.4) is 0 Å². The van der Waals surface area contributed by atoms with E-state index in [-0.39, 0.29) is 11.2 Å². The first-order valence-electron chi connectivity index (χ1n) is 4.58. The Labute approximate surface area is 97.1 Å². The molecule has 0 spiro atoms. The second-order valence-corrected chi connectivity index (χ2v) is 3.51. The van der Waals surface area contributed by atoms with Crippen LogP contribution in [0.15, 0.2) is 30.6 Å². The fourth-order valence-corrected chi connectivity index (χ4v) is 1.43. The standard InChI is InChI=1S/C10H9ClN4O/c1-15-6-2-3-7(15)9(16)13-8-4-5-12-10(11)14-8/h2-6H,1H3,(H,12,13,14,16). The van der Waals surface area contributed by atoms with Gasteiger partial charge in [0.25, 0.3) is 5.91 Å². The van der Waals surface area contributed by atoms with Gasteiger partial charge in [-0.1, -0.05) is 0 Å². The average Bonchev–Trinajstić information content (AvgIpc) is 2.64. The predicted molar refractivity (Wildman–Crippen MR) is 60.4 cm³/mol. The molecule has 0 aliphatic carbocycles. The number of hydrogen-bond acceptors (Lipinski definition) is 3. The number of halogens is 1. The molecule has 6 heteroatoms. The van der Waals surface area contributed by atoms with E-state index in [1.54, 1.807) is 36.0 Å². The summed E-state index contributed by atoms with van der Waals surface area (Å²) in [6.45, 7) is 0. The molecule has 1 N–H and O–H groups in total. The van der Waals surface area contributed by atoms with Gasteiger partial charge in [-0.2, -0.15) is 0 Å². The number of carbonyl (C=O) groups excluding carboxylic acids is 1. The molecule has 0 saturated heterocycles.